The molecule has 0 spiro atoms. The molecule has 6 nitrogen and oxygen atoms in total. The zero-order valence-corrected chi connectivity index (χ0v) is 17.8. The van der Waals surface area contributed by atoms with Crippen LogP contribution in [0.25, 0.3) is 10.5 Å². The molecule has 0 aliphatic heterocycles. The maximum atomic E-state index is 12.9. The summed E-state index contributed by atoms with van der Waals surface area (Å²) in [5.41, 5.74) is 0.437. The van der Waals surface area contributed by atoms with Crippen LogP contribution < -0.4 is 10.4 Å². The Bertz CT molecular complexity index is 1150. The summed E-state index contributed by atoms with van der Waals surface area (Å²) in [6.07, 6.45) is 1.62. The minimum atomic E-state index is -0.309. The van der Waals surface area contributed by atoms with Gasteiger partial charge in [0.25, 0.3) is 0 Å². The highest BCUT2D eigenvalue weighted by molar-refractivity contribution is 9.10. The van der Waals surface area contributed by atoms with Crippen molar-refractivity contribution in [1.82, 2.24) is 14.2 Å². The van der Waals surface area contributed by atoms with Crippen LogP contribution in [0.4, 0.5) is 5.69 Å². The lowest BCUT2D eigenvalue weighted by Gasteiger charge is -2.62. The van der Waals surface area contributed by atoms with Gasteiger partial charge < -0.3 is 4.74 Å². The monoisotopic (exact) mass is 440 g/mol. The second-order valence-corrected chi connectivity index (χ2v) is 9.28. The predicted molar refractivity (Wildman–Crippen MR) is 111 cm³/mol. The lowest BCUT2D eigenvalue weighted by molar-refractivity contribution is -0.192. The topological polar surface area (TPSA) is 52.9 Å². The molecule has 0 N–H and O–H groups in total. The molecule has 0 bridgehead atoms. The van der Waals surface area contributed by atoms with E-state index in [2.05, 4.69) is 53.6 Å². The molecular formula is C21H21BrN4O2. The van der Waals surface area contributed by atoms with Crippen LogP contribution >= 0.6 is 15.9 Å². The molecule has 1 aromatic carbocycles. The average Bonchev–Trinajstić information content (AvgIpc) is 2.95. The fourth-order valence-electron chi connectivity index (χ4n) is 4.94. The van der Waals surface area contributed by atoms with E-state index in [0.29, 0.717) is 21.6 Å². The number of pyridine rings is 1. The van der Waals surface area contributed by atoms with Gasteiger partial charge >= 0.3 is 5.69 Å². The predicted octanol–water partition coefficient (Wildman–Crippen LogP) is 4.86. The van der Waals surface area contributed by atoms with Crippen molar-refractivity contribution in [3.63, 3.8) is 0 Å². The summed E-state index contributed by atoms with van der Waals surface area (Å²) in [7, 11) is 0. The first-order valence-corrected chi connectivity index (χ1v) is 9.87. The van der Waals surface area contributed by atoms with Crippen LogP contribution in [0.15, 0.2) is 51.9 Å². The largest absolute Gasteiger partial charge is 0.489 e. The quantitative estimate of drug-likeness (QED) is 0.546. The Morgan fingerprint density at radius 1 is 1.18 bits per heavy atom. The van der Waals surface area contributed by atoms with Crippen LogP contribution in [0.5, 0.6) is 5.75 Å². The third-order valence-corrected chi connectivity index (χ3v) is 6.38. The van der Waals surface area contributed by atoms with Crippen LogP contribution in [0.2, 0.25) is 0 Å². The molecule has 2 aromatic heterocycles. The minimum absolute atomic E-state index is 0.108. The van der Waals surface area contributed by atoms with E-state index in [1.807, 2.05) is 30.3 Å². The van der Waals surface area contributed by atoms with Crippen molar-refractivity contribution >= 4 is 27.3 Å². The standard InChI is InChI=1S/C21H21BrN4O2/c1-20(2)17(26-19(27)25-11-7-6-8-16(25)24-26)21(3,4)18(20)28-13-9-10-15(23-5)14(22)12-13/h6-12,17-18H,1-4H3. The van der Waals surface area contributed by atoms with E-state index in [0.717, 1.165) is 0 Å². The van der Waals surface area contributed by atoms with Gasteiger partial charge in [0.1, 0.15) is 11.9 Å². The summed E-state index contributed by atoms with van der Waals surface area (Å²) >= 11 is 3.42. The molecule has 0 amide bonds. The third-order valence-electron chi connectivity index (χ3n) is 5.75. The van der Waals surface area contributed by atoms with Gasteiger partial charge in [-0.15, -0.1) is 5.10 Å². The zero-order chi connectivity index (χ0) is 20.3. The average molecular weight is 441 g/mol. The van der Waals surface area contributed by atoms with Gasteiger partial charge in [-0.25, -0.2) is 14.3 Å². The Kier molecular flexibility index (Phi) is 4.16. The van der Waals surface area contributed by atoms with Crippen molar-refractivity contribution in [2.45, 2.75) is 39.8 Å². The number of fused-ring (bicyclic) bond motifs is 1. The van der Waals surface area contributed by atoms with Gasteiger partial charge in [-0.3, -0.25) is 4.40 Å². The fraction of sp³-hybridized carbons (Fsp3) is 0.381. The van der Waals surface area contributed by atoms with Crippen LogP contribution in [0.1, 0.15) is 33.7 Å². The summed E-state index contributed by atoms with van der Waals surface area (Å²) in [6, 6.07) is 10.8. The number of nitrogens with zero attached hydrogens (tertiary/aromatic N) is 4. The molecule has 7 heteroatoms. The van der Waals surface area contributed by atoms with Crippen molar-refractivity contribution in [3.8, 4) is 5.75 Å². The normalized spacial score (nSPS) is 22.4. The van der Waals surface area contributed by atoms with Gasteiger partial charge in [-0.1, -0.05) is 55.8 Å². The first-order valence-electron chi connectivity index (χ1n) is 9.07. The van der Waals surface area contributed by atoms with Crippen molar-refractivity contribution in [1.29, 1.82) is 0 Å². The number of aromatic nitrogens is 3. The highest BCUT2D eigenvalue weighted by Gasteiger charge is 2.65. The lowest BCUT2D eigenvalue weighted by atomic mass is 9.49. The van der Waals surface area contributed by atoms with Gasteiger partial charge in [0, 0.05) is 21.5 Å². The molecule has 2 heterocycles. The molecule has 0 unspecified atom stereocenters. The molecule has 28 heavy (non-hydrogen) atoms. The van der Waals surface area contributed by atoms with E-state index in [1.54, 1.807) is 21.3 Å². The van der Waals surface area contributed by atoms with Crippen LogP contribution in [0.3, 0.4) is 0 Å². The number of rotatable bonds is 3. The van der Waals surface area contributed by atoms with Gasteiger partial charge in [-0.2, -0.15) is 0 Å². The Labute approximate surface area is 171 Å². The lowest BCUT2D eigenvalue weighted by Crippen LogP contribution is -2.67. The number of halogens is 1. The molecule has 0 radical (unpaired) electrons. The maximum Gasteiger partial charge on any atom is 0.350 e. The van der Waals surface area contributed by atoms with E-state index in [9.17, 15) is 4.79 Å². The SMILES string of the molecule is [C-]#[N+]c1ccc(OC2C(C)(C)C(n3nc4ccccn4c3=O)C2(C)C)cc1Br. The molecule has 1 aliphatic carbocycles. The summed E-state index contributed by atoms with van der Waals surface area (Å²) < 4.78 is 10.2. The van der Waals surface area contributed by atoms with Crippen molar-refractivity contribution in [2.75, 3.05) is 0 Å². The summed E-state index contributed by atoms with van der Waals surface area (Å²) in [5.74, 6) is 0.700. The summed E-state index contributed by atoms with van der Waals surface area (Å²) in [4.78, 5) is 16.4. The molecule has 3 aromatic rings. The van der Waals surface area contributed by atoms with Gasteiger partial charge in [0.15, 0.2) is 5.65 Å². The summed E-state index contributed by atoms with van der Waals surface area (Å²) in [5, 5.41) is 4.57. The first kappa shape index (κ1) is 18.8. The highest BCUT2D eigenvalue weighted by Crippen LogP contribution is 2.62. The number of benzene rings is 1. The Hall–Kier alpha value is -2.59. The molecule has 1 fully saturated rings. The number of hydrogen-bond acceptors (Lipinski definition) is 3. The molecule has 144 valence electrons. The maximum absolute atomic E-state index is 12.9. The molecule has 1 saturated carbocycles. The van der Waals surface area contributed by atoms with E-state index in [-0.39, 0.29) is 28.7 Å². The third kappa shape index (κ3) is 2.59. The molecule has 1 aliphatic rings. The van der Waals surface area contributed by atoms with Crippen LogP contribution in [0, 0.1) is 17.4 Å². The van der Waals surface area contributed by atoms with E-state index in [4.69, 9.17) is 11.3 Å². The number of ether oxygens (including phenoxy) is 1. The molecule has 4 rings (SSSR count). The highest BCUT2D eigenvalue weighted by atomic mass is 79.9. The van der Waals surface area contributed by atoms with E-state index >= 15 is 0 Å². The van der Waals surface area contributed by atoms with Gasteiger partial charge in [0.2, 0.25) is 5.69 Å². The van der Waals surface area contributed by atoms with Crippen molar-refractivity contribution in [3.05, 3.63) is 69.0 Å². The second kappa shape index (κ2) is 6.21. The Morgan fingerprint density at radius 2 is 1.89 bits per heavy atom. The van der Waals surface area contributed by atoms with Gasteiger partial charge in [-0.05, 0) is 24.3 Å². The first-order chi connectivity index (χ1) is 13.2. The Morgan fingerprint density at radius 3 is 2.50 bits per heavy atom. The fourth-order valence-corrected chi connectivity index (χ4v) is 5.39. The number of hydrogen-bond donors (Lipinski definition) is 0. The molecule has 0 saturated heterocycles. The Balaban J connectivity index is 1.69. The molecular weight excluding hydrogens is 420 g/mol. The van der Waals surface area contributed by atoms with Crippen molar-refractivity contribution in [2.24, 2.45) is 10.8 Å². The van der Waals surface area contributed by atoms with Crippen LogP contribution in [-0.4, -0.2) is 20.3 Å². The smallest absolute Gasteiger partial charge is 0.350 e. The van der Waals surface area contributed by atoms with Gasteiger partial charge in [0.05, 0.1) is 12.6 Å². The van der Waals surface area contributed by atoms with E-state index < -0.39 is 0 Å². The molecule has 0 atom stereocenters. The zero-order valence-electron chi connectivity index (χ0n) is 16.2. The van der Waals surface area contributed by atoms with Crippen molar-refractivity contribution < 1.29 is 4.74 Å². The van der Waals surface area contributed by atoms with E-state index in [1.165, 1.54) is 0 Å². The minimum Gasteiger partial charge on any atom is -0.489 e. The van der Waals surface area contributed by atoms with Crippen LogP contribution in [-0.2, 0) is 0 Å². The summed E-state index contributed by atoms with van der Waals surface area (Å²) in [6.45, 7) is 15.6. The second-order valence-electron chi connectivity index (χ2n) is 8.42.